The third-order valence-electron chi connectivity index (χ3n) is 2.15. The number of likely N-dealkylation sites (N-methyl/N-ethyl adjacent to an activating group) is 2. The summed E-state index contributed by atoms with van der Waals surface area (Å²) in [5.74, 6) is 0.179. The molecule has 0 spiro atoms. The first-order chi connectivity index (χ1) is 6.35. The molecule has 0 aromatic carbocycles. The highest BCUT2D eigenvalue weighted by atomic mass is 32.2. The Balaban J connectivity index is 4.57. The summed E-state index contributed by atoms with van der Waals surface area (Å²) in [6.07, 6.45) is 0. The third-order valence-corrected chi connectivity index (χ3v) is 4.22. The van der Waals surface area contributed by atoms with Gasteiger partial charge in [-0.05, 0) is 27.9 Å². The summed E-state index contributed by atoms with van der Waals surface area (Å²) in [4.78, 5) is 2.00. The van der Waals surface area contributed by atoms with E-state index in [-0.39, 0.29) is 11.8 Å². The van der Waals surface area contributed by atoms with E-state index >= 15 is 0 Å². The molecular formula is C9H22N2O2S. The second-order valence-corrected chi connectivity index (χ2v) is 5.93. The first-order valence-electron chi connectivity index (χ1n) is 4.99. The van der Waals surface area contributed by atoms with Gasteiger partial charge in [0.1, 0.15) is 0 Å². The summed E-state index contributed by atoms with van der Waals surface area (Å²) in [5, 5.41) is 0. The highest BCUT2D eigenvalue weighted by Gasteiger charge is 2.23. The van der Waals surface area contributed by atoms with Crippen LogP contribution in [0.2, 0.25) is 0 Å². The summed E-state index contributed by atoms with van der Waals surface area (Å²) in [6, 6.07) is 0.0416. The molecule has 0 amide bonds. The van der Waals surface area contributed by atoms with E-state index in [0.717, 1.165) is 6.54 Å². The fraction of sp³-hybridized carbons (Fsp3) is 1.00. The van der Waals surface area contributed by atoms with Crippen LogP contribution in [0.3, 0.4) is 0 Å². The maximum atomic E-state index is 11.7. The van der Waals surface area contributed by atoms with Crippen LogP contribution in [0.25, 0.3) is 0 Å². The second kappa shape index (κ2) is 5.68. The highest BCUT2D eigenvalue weighted by molar-refractivity contribution is 7.89. The van der Waals surface area contributed by atoms with Gasteiger partial charge in [0.05, 0.1) is 5.75 Å². The SMILES string of the molecule is CCN(C(C)CN(C)C)S(=O)(=O)CC. The van der Waals surface area contributed by atoms with Crippen molar-refractivity contribution >= 4 is 10.0 Å². The molecule has 0 rings (SSSR count). The molecule has 0 saturated heterocycles. The number of nitrogens with zero attached hydrogens (tertiary/aromatic N) is 2. The Labute approximate surface area is 87.9 Å². The van der Waals surface area contributed by atoms with Crippen LogP contribution < -0.4 is 0 Å². The minimum Gasteiger partial charge on any atom is -0.308 e. The van der Waals surface area contributed by atoms with E-state index in [1.54, 1.807) is 11.2 Å². The number of rotatable bonds is 6. The predicted octanol–water partition coefficient (Wildman–Crippen LogP) is 0.608. The van der Waals surface area contributed by atoms with Gasteiger partial charge in [0.15, 0.2) is 0 Å². The van der Waals surface area contributed by atoms with Crippen molar-refractivity contribution in [1.29, 1.82) is 0 Å². The maximum absolute atomic E-state index is 11.7. The standard InChI is InChI=1S/C9H22N2O2S/c1-6-11(14(12,13)7-2)9(3)8-10(4)5/h9H,6-8H2,1-5H3. The largest absolute Gasteiger partial charge is 0.308 e. The Morgan fingerprint density at radius 3 is 2.00 bits per heavy atom. The fourth-order valence-corrected chi connectivity index (χ4v) is 2.91. The van der Waals surface area contributed by atoms with E-state index in [1.807, 2.05) is 32.8 Å². The quantitative estimate of drug-likeness (QED) is 0.661. The molecule has 0 saturated carbocycles. The van der Waals surface area contributed by atoms with Crippen molar-refractivity contribution in [3.05, 3.63) is 0 Å². The maximum Gasteiger partial charge on any atom is 0.214 e. The predicted molar refractivity (Wildman–Crippen MR) is 59.9 cm³/mol. The van der Waals surface area contributed by atoms with E-state index in [2.05, 4.69) is 0 Å². The zero-order valence-electron chi connectivity index (χ0n) is 9.82. The van der Waals surface area contributed by atoms with Gasteiger partial charge < -0.3 is 4.90 Å². The zero-order valence-corrected chi connectivity index (χ0v) is 10.6. The minimum atomic E-state index is -3.05. The number of sulfonamides is 1. The molecule has 0 N–H and O–H groups in total. The topological polar surface area (TPSA) is 40.6 Å². The molecule has 0 heterocycles. The Morgan fingerprint density at radius 1 is 1.21 bits per heavy atom. The minimum absolute atomic E-state index is 0.0416. The molecule has 4 nitrogen and oxygen atoms in total. The molecule has 0 radical (unpaired) electrons. The van der Waals surface area contributed by atoms with E-state index < -0.39 is 10.0 Å². The van der Waals surface area contributed by atoms with Gasteiger partial charge in [0, 0.05) is 19.1 Å². The molecule has 0 bridgehead atoms. The Morgan fingerprint density at radius 2 is 1.71 bits per heavy atom. The normalized spacial score (nSPS) is 15.1. The molecule has 1 atom stereocenters. The zero-order chi connectivity index (χ0) is 11.4. The molecule has 86 valence electrons. The Hall–Kier alpha value is -0.130. The van der Waals surface area contributed by atoms with Crippen LogP contribution in [0.1, 0.15) is 20.8 Å². The van der Waals surface area contributed by atoms with Gasteiger partial charge in [0.25, 0.3) is 0 Å². The Bertz CT molecular complexity index is 250. The van der Waals surface area contributed by atoms with Crippen molar-refractivity contribution in [1.82, 2.24) is 9.21 Å². The van der Waals surface area contributed by atoms with Crippen molar-refractivity contribution in [2.24, 2.45) is 0 Å². The smallest absolute Gasteiger partial charge is 0.214 e. The average molecular weight is 222 g/mol. The van der Waals surface area contributed by atoms with Gasteiger partial charge >= 0.3 is 0 Å². The van der Waals surface area contributed by atoms with Gasteiger partial charge in [-0.25, -0.2) is 8.42 Å². The lowest BCUT2D eigenvalue weighted by Gasteiger charge is -2.28. The summed E-state index contributed by atoms with van der Waals surface area (Å²) in [6.45, 7) is 6.80. The van der Waals surface area contributed by atoms with Gasteiger partial charge in [-0.3, -0.25) is 0 Å². The lowest BCUT2D eigenvalue weighted by Crippen LogP contribution is -2.44. The molecule has 14 heavy (non-hydrogen) atoms. The number of hydrogen-bond donors (Lipinski definition) is 0. The average Bonchev–Trinajstić information content (AvgIpc) is 2.03. The monoisotopic (exact) mass is 222 g/mol. The molecule has 0 aliphatic heterocycles. The lowest BCUT2D eigenvalue weighted by atomic mass is 10.3. The van der Waals surface area contributed by atoms with Gasteiger partial charge in [0.2, 0.25) is 10.0 Å². The third kappa shape index (κ3) is 3.94. The summed E-state index contributed by atoms with van der Waals surface area (Å²) in [5.41, 5.74) is 0. The van der Waals surface area contributed by atoms with Crippen molar-refractivity contribution in [2.45, 2.75) is 26.8 Å². The first kappa shape index (κ1) is 13.9. The van der Waals surface area contributed by atoms with Crippen LogP contribution in [-0.2, 0) is 10.0 Å². The molecule has 0 aliphatic rings. The molecule has 0 fully saturated rings. The van der Waals surface area contributed by atoms with Crippen molar-refractivity contribution in [3.8, 4) is 0 Å². The molecule has 5 heteroatoms. The van der Waals surface area contributed by atoms with Gasteiger partial charge in [-0.15, -0.1) is 0 Å². The summed E-state index contributed by atoms with van der Waals surface area (Å²) < 4.78 is 24.9. The molecular weight excluding hydrogens is 200 g/mol. The van der Waals surface area contributed by atoms with Crippen molar-refractivity contribution in [3.63, 3.8) is 0 Å². The van der Waals surface area contributed by atoms with Crippen molar-refractivity contribution in [2.75, 3.05) is 32.9 Å². The molecule has 0 aromatic rings. The highest BCUT2D eigenvalue weighted by Crippen LogP contribution is 2.07. The van der Waals surface area contributed by atoms with Crippen molar-refractivity contribution < 1.29 is 8.42 Å². The van der Waals surface area contributed by atoms with Gasteiger partial charge in [-0.1, -0.05) is 6.92 Å². The van der Waals surface area contributed by atoms with E-state index in [1.165, 1.54) is 0 Å². The van der Waals surface area contributed by atoms with Crippen LogP contribution in [0.5, 0.6) is 0 Å². The van der Waals surface area contributed by atoms with E-state index in [4.69, 9.17) is 0 Å². The fourth-order valence-electron chi connectivity index (χ4n) is 1.57. The molecule has 1 unspecified atom stereocenters. The van der Waals surface area contributed by atoms with Crippen LogP contribution in [0, 0.1) is 0 Å². The first-order valence-corrected chi connectivity index (χ1v) is 6.60. The number of hydrogen-bond acceptors (Lipinski definition) is 3. The molecule has 0 aromatic heterocycles. The van der Waals surface area contributed by atoms with Crippen LogP contribution >= 0.6 is 0 Å². The van der Waals surface area contributed by atoms with Gasteiger partial charge in [-0.2, -0.15) is 4.31 Å². The second-order valence-electron chi connectivity index (χ2n) is 3.72. The molecule has 0 aliphatic carbocycles. The summed E-state index contributed by atoms with van der Waals surface area (Å²) in [7, 11) is 0.846. The van der Waals surface area contributed by atoms with Crippen LogP contribution in [-0.4, -0.2) is 56.6 Å². The summed E-state index contributed by atoms with van der Waals surface area (Å²) >= 11 is 0. The van der Waals surface area contributed by atoms with E-state index in [9.17, 15) is 8.42 Å². The van der Waals surface area contributed by atoms with Crippen LogP contribution in [0.15, 0.2) is 0 Å². The lowest BCUT2D eigenvalue weighted by molar-refractivity contribution is 0.271. The van der Waals surface area contributed by atoms with E-state index in [0.29, 0.717) is 6.54 Å². The van der Waals surface area contributed by atoms with Crippen LogP contribution in [0.4, 0.5) is 0 Å². The Kier molecular flexibility index (Phi) is 5.63.